The van der Waals surface area contributed by atoms with Gasteiger partial charge in [0.1, 0.15) is 40.5 Å². The third-order valence-electron chi connectivity index (χ3n) is 8.78. The molecule has 0 aliphatic rings. The maximum absolute atomic E-state index is 12.9. The van der Waals surface area contributed by atoms with E-state index in [4.69, 9.17) is 0 Å². The Labute approximate surface area is 414 Å². The summed E-state index contributed by atoms with van der Waals surface area (Å²) >= 11 is 0. The van der Waals surface area contributed by atoms with Crippen molar-refractivity contribution in [3.63, 3.8) is 0 Å². The van der Waals surface area contributed by atoms with E-state index < -0.39 is 139 Å². The molecule has 0 aliphatic carbocycles. The maximum Gasteiger partial charge on any atom is 3.00 e. The largest absolute Gasteiger partial charge is 3.00 e. The Bertz CT molecular complexity index is 3580. The number of amides is 2. The molecule has 0 heterocycles. The van der Waals surface area contributed by atoms with Crippen LogP contribution in [0, 0.1) is 20.2 Å². The van der Waals surface area contributed by atoms with Crippen LogP contribution >= 0.6 is 0 Å². The van der Waals surface area contributed by atoms with E-state index in [9.17, 15) is 102 Å². The minimum Gasteiger partial charge on any atom is -0.871 e. The normalized spacial score (nSPS) is 12.0. The summed E-state index contributed by atoms with van der Waals surface area (Å²) in [5.74, 6) is -6.34. The molecule has 2 N–H and O–H groups in total. The van der Waals surface area contributed by atoms with Gasteiger partial charge in [0, 0.05) is 48.9 Å². The van der Waals surface area contributed by atoms with Crippen LogP contribution in [0.15, 0.2) is 113 Å². The maximum atomic E-state index is 12.9. The van der Waals surface area contributed by atoms with E-state index in [-0.39, 0.29) is 69.5 Å². The van der Waals surface area contributed by atoms with Crippen LogP contribution in [-0.2, 0) is 67.4 Å². The summed E-state index contributed by atoms with van der Waals surface area (Å²) in [4.78, 5) is 37.3. The fraction of sp³-hybridized carbons (Fsp3) is 0.0556. The molecule has 2 amide bonds. The summed E-state index contributed by atoms with van der Waals surface area (Å²) in [6.07, 6.45) is 0. The molecule has 6 aromatic carbocycles. The van der Waals surface area contributed by atoms with Crippen molar-refractivity contribution in [1.82, 2.24) is 0 Å². The summed E-state index contributed by atoms with van der Waals surface area (Å²) < 4.78 is 138. The molecule has 6 rings (SSSR count). The van der Waals surface area contributed by atoms with E-state index in [1.807, 2.05) is 0 Å². The molecule has 35 heteroatoms. The molecule has 0 aliphatic heterocycles. The van der Waals surface area contributed by atoms with Crippen LogP contribution in [-0.4, -0.2) is 73.5 Å². The first-order valence-corrected chi connectivity index (χ1v) is 23.6. The number of hydrogen-bond donors (Lipinski definition) is 2. The molecule has 0 fully saturated rings. The number of nitrogens with zero attached hydrogens (tertiary/aromatic N) is 6. The van der Waals surface area contributed by atoms with Gasteiger partial charge in [0.15, 0.2) is 0 Å². The van der Waals surface area contributed by atoms with Crippen LogP contribution < -0.4 is 31.1 Å². The molecule has 0 bridgehead atoms. The number of rotatable bonds is 12. The molecule has 1 radical (unpaired) electrons. The van der Waals surface area contributed by atoms with Crippen LogP contribution in [0.4, 0.5) is 45.5 Å². The van der Waals surface area contributed by atoms with Crippen LogP contribution in [0.3, 0.4) is 0 Å². The topological polar surface area (TPSA) is 515 Å². The van der Waals surface area contributed by atoms with Crippen molar-refractivity contribution >= 4 is 119 Å². The summed E-state index contributed by atoms with van der Waals surface area (Å²) in [5.41, 5.74) is -6.80. The standard InChI is InChI=1S/2C18H14N4O11S2.Cr/c2*1-8(23)19-10-3-2-9-4-15(35(31,32)33)16(17(24)12(9)5-10)21-20-13-6-11(34(28,29)30)7-14(18(13)25)22(26)27;/h2*2-7,24-25H,1H3,(H,19,23)(H,28,29,30)(H,31,32,33);/q;;+3/p-3. The third kappa shape index (κ3) is 12.9. The Balaban J connectivity index is 0. The number of fused-ring (bicyclic) bond motifs is 2. The van der Waals surface area contributed by atoms with Gasteiger partial charge in [-0.3, -0.25) is 29.8 Å². The first-order chi connectivity index (χ1) is 32.2. The Hall–Kier alpha value is -7.85. The van der Waals surface area contributed by atoms with Gasteiger partial charge in [-0.25, -0.2) is 33.7 Å². The second kappa shape index (κ2) is 20.6. The van der Waals surface area contributed by atoms with Crippen molar-refractivity contribution in [2.24, 2.45) is 20.5 Å². The zero-order valence-electron chi connectivity index (χ0n) is 39.6. The molecular formula is C36H25CrN8O22S4. The summed E-state index contributed by atoms with van der Waals surface area (Å²) in [6.45, 7) is 2.37. The molecule has 0 saturated carbocycles. The molecule has 371 valence electrons. The Morgan fingerprint density at radius 1 is 0.493 bits per heavy atom. The molecule has 0 saturated heterocycles. The van der Waals surface area contributed by atoms with Crippen molar-refractivity contribution in [2.75, 3.05) is 10.6 Å². The van der Waals surface area contributed by atoms with Crippen LogP contribution in [0.5, 0.6) is 23.0 Å². The Morgan fingerprint density at radius 2 is 0.817 bits per heavy atom. The number of carbonyl (C=O) groups is 2. The number of nitro benzene ring substituents is 2. The van der Waals surface area contributed by atoms with Gasteiger partial charge in [-0.1, -0.05) is 23.6 Å². The van der Waals surface area contributed by atoms with Gasteiger partial charge in [-0.2, -0.15) is 10.2 Å². The van der Waals surface area contributed by atoms with Crippen molar-refractivity contribution in [3.05, 3.63) is 93.0 Å². The van der Waals surface area contributed by atoms with Gasteiger partial charge in [-0.05, 0) is 70.1 Å². The smallest absolute Gasteiger partial charge is 0.871 e. The van der Waals surface area contributed by atoms with E-state index in [2.05, 4.69) is 31.1 Å². The number of anilines is 2. The Kier molecular flexibility index (Phi) is 16.2. The molecule has 6 aromatic rings. The zero-order chi connectivity index (χ0) is 52.6. The van der Waals surface area contributed by atoms with Crippen LogP contribution in [0.1, 0.15) is 21.0 Å². The van der Waals surface area contributed by atoms with Gasteiger partial charge in [0.25, 0.3) is 11.4 Å². The fourth-order valence-electron chi connectivity index (χ4n) is 5.85. The predicted octanol–water partition coefficient (Wildman–Crippen LogP) is 2.71. The van der Waals surface area contributed by atoms with Crippen molar-refractivity contribution in [3.8, 4) is 23.0 Å². The van der Waals surface area contributed by atoms with E-state index in [0.29, 0.717) is 12.1 Å². The van der Waals surface area contributed by atoms with E-state index in [1.54, 1.807) is 0 Å². The number of nitro groups is 2. The van der Waals surface area contributed by atoms with Gasteiger partial charge >= 0.3 is 24.5 Å². The molecule has 0 atom stereocenters. The second-order valence-electron chi connectivity index (χ2n) is 13.7. The number of azo groups is 2. The minimum absolute atomic E-state index is 0. The fourth-order valence-corrected chi connectivity index (χ4v) is 8.16. The van der Waals surface area contributed by atoms with Crippen molar-refractivity contribution < 1.29 is 116 Å². The zero-order valence-corrected chi connectivity index (χ0v) is 39.2. The molecule has 0 aromatic heterocycles. The number of nitrogens with one attached hydrogen (secondary N) is 2. The Morgan fingerprint density at radius 3 is 1.08 bits per heavy atom. The van der Waals surface area contributed by atoms with Crippen molar-refractivity contribution in [1.29, 1.82) is 0 Å². The van der Waals surface area contributed by atoms with Gasteiger partial charge < -0.3 is 49.3 Å². The quantitative estimate of drug-likeness (QED) is 0.0769. The van der Waals surface area contributed by atoms with E-state index >= 15 is 0 Å². The monoisotopic (exact) mass is 1100 g/mol. The van der Waals surface area contributed by atoms with Crippen LogP contribution in [0.25, 0.3) is 21.5 Å². The average Bonchev–Trinajstić information content (AvgIpc) is 3.22. The SMILES string of the molecule is CC(=O)Nc1ccc2cc(S(=O)(=O)[O-])c(N=Nc3cc(S(=O)(=O)[O-])cc([N+](=O)[O-])c3[O-])c([O-])c2c1.CC(=O)Nc1ccc2cc(S(=O)(=O)[O-])c(N=Nc3cc(S(=O)(=O)[O-])cc([N+](=O)[O-])c3[O-])c([O-])c2c1.[Cr+3].[H+].[H+].[H+].[H+].[H+]. The molecule has 0 spiro atoms. The van der Waals surface area contributed by atoms with Crippen LogP contribution in [0.2, 0.25) is 0 Å². The van der Waals surface area contributed by atoms with Gasteiger partial charge in [0.2, 0.25) is 11.8 Å². The predicted molar refractivity (Wildman–Crippen MR) is 226 cm³/mol. The summed E-state index contributed by atoms with van der Waals surface area (Å²) in [7, 11) is -21.3. The number of benzene rings is 6. The third-order valence-corrected chi connectivity index (χ3v) is 12.1. The van der Waals surface area contributed by atoms with E-state index in [0.717, 1.165) is 24.3 Å². The first-order valence-electron chi connectivity index (χ1n) is 18.0. The van der Waals surface area contributed by atoms with E-state index in [1.165, 1.54) is 38.1 Å². The molecular weight excluding hydrogens is 1080 g/mol. The summed E-state index contributed by atoms with van der Waals surface area (Å²) in [6, 6.07) is 10.1. The molecule has 71 heavy (non-hydrogen) atoms. The second-order valence-corrected chi connectivity index (χ2v) is 19.1. The first kappa shape index (κ1) is 55.7. The van der Waals surface area contributed by atoms with Gasteiger partial charge in [0.05, 0.1) is 52.2 Å². The van der Waals surface area contributed by atoms with Crippen molar-refractivity contribution in [2.45, 2.75) is 33.4 Å². The molecule has 0 unspecified atom stereocenters. The average molecular weight is 1100 g/mol. The minimum atomic E-state index is -5.35. The molecule has 30 nitrogen and oxygen atoms in total. The summed E-state index contributed by atoms with van der Waals surface area (Å²) in [5, 5.41) is 89.8. The number of carbonyl (C=O) groups excluding carboxylic acids is 2. The van der Waals surface area contributed by atoms with Gasteiger partial charge in [-0.15, -0.1) is 10.2 Å². The number of hydrogen-bond acceptors (Lipinski definition) is 26.